The lowest BCUT2D eigenvalue weighted by molar-refractivity contribution is 0.101. The van der Waals surface area contributed by atoms with Crippen LogP contribution < -0.4 is 0 Å². The number of rotatable bonds is 7. The Morgan fingerprint density at radius 3 is 2.32 bits per heavy atom. The summed E-state index contributed by atoms with van der Waals surface area (Å²) in [6.07, 6.45) is -2.83. The Morgan fingerprint density at radius 1 is 0.957 bits per heavy atom. The number of aromatic nitrogens is 2. The molecule has 2 heterocycles. The van der Waals surface area contributed by atoms with E-state index < -0.39 is 22.3 Å². The maximum Gasteiger partial charge on any atom is 0.268 e. The molecule has 4 aromatic carbocycles. The first-order valence-electron chi connectivity index (χ1n) is 13.8. The number of alkyl halides is 2. The van der Waals surface area contributed by atoms with Gasteiger partial charge >= 0.3 is 0 Å². The van der Waals surface area contributed by atoms with Crippen LogP contribution in [0.1, 0.15) is 35.0 Å². The molecule has 2 aromatic heterocycles. The fourth-order valence-electron chi connectivity index (χ4n) is 5.48. The summed E-state index contributed by atoms with van der Waals surface area (Å²) in [6.45, 7) is 9.19. The van der Waals surface area contributed by atoms with Gasteiger partial charge in [0.15, 0.2) is 17.2 Å². The number of fused-ring (bicyclic) bond motifs is 1. The van der Waals surface area contributed by atoms with Crippen molar-refractivity contribution >= 4 is 44.1 Å². The van der Waals surface area contributed by atoms with E-state index >= 15 is 0 Å². The van der Waals surface area contributed by atoms with E-state index in [0.717, 1.165) is 40.4 Å². The van der Waals surface area contributed by atoms with Crippen molar-refractivity contribution in [1.29, 1.82) is 5.26 Å². The molecular weight excluding hydrogens is 649 g/mol. The van der Waals surface area contributed by atoms with Crippen LogP contribution in [0, 0.1) is 23.7 Å². The number of carbonyl (C=O) groups excluding carboxylic acids is 1. The molecule has 0 unspecified atom stereocenters. The van der Waals surface area contributed by atoms with Crippen molar-refractivity contribution in [2.45, 2.75) is 18.2 Å². The zero-order chi connectivity index (χ0) is 33.6. The molecule has 7 nitrogen and oxygen atoms in total. The van der Waals surface area contributed by atoms with Gasteiger partial charge in [0, 0.05) is 27.3 Å². The van der Waals surface area contributed by atoms with Gasteiger partial charge in [-0.1, -0.05) is 60.6 Å². The number of halogens is 4. The van der Waals surface area contributed by atoms with Crippen molar-refractivity contribution in [3.8, 4) is 34.1 Å². The van der Waals surface area contributed by atoms with Gasteiger partial charge in [-0.3, -0.25) is 4.79 Å². The van der Waals surface area contributed by atoms with Crippen molar-refractivity contribution < 1.29 is 26.4 Å². The van der Waals surface area contributed by atoms with E-state index in [1.807, 2.05) is 6.07 Å². The second-order valence-corrected chi connectivity index (χ2v) is 12.7. The average Bonchev–Trinajstić information content (AvgIpc) is 3.62. The quantitative estimate of drug-likeness (QED) is 0.125. The topological polar surface area (TPSA) is 89.2 Å². The molecule has 0 amide bonds. The molecule has 0 aliphatic rings. The van der Waals surface area contributed by atoms with Gasteiger partial charge in [0.05, 0.1) is 15.8 Å². The third-order valence-electron chi connectivity index (χ3n) is 7.67. The normalized spacial score (nSPS) is 11.5. The Bertz CT molecular complexity index is 2410. The van der Waals surface area contributed by atoms with Crippen LogP contribution in [0.5, 0.6) is 0 Å². The summed E-state index contributed by atoms with van der Waals surface area (Å²) < 4.78 is 72.9. The van der Waals surface area contributed by atoms with E-state index in [-0.39, 0.29) is 60.6 Å². The van der Waals surface area contributed by atoms with Crippen LogP contribution in [-0.4, -0.2) is 22.7 Å². The van der Waals surface area contributed by atoms with Gasteiger partial charge in [-0.05, 0) is 67.1 Å². The van der Waals surface area contributed by atoms with Crippen molar-refractivity contribution in [1.82, 2.24) is 8.54 Å². The molecule has 0 N–H and O–H groups in total. The zero-order valence-electron chi connectivity index (χ0n) is 24.2. The van der Waals surface area contributed by atoms with Crippen LogP contribution in [-0.2, 0) is 10.0 Å². The first-order valence-corrected chi connectivity index (χ1v) is 15.7. The third kappa shape index (κ3) is 5.36. The standard InChI is InChI=1S/C35H20ClF3N4O3S/c1-20(44)22-8-13-28(30(36)17-22)23-4-3-5-24(16-23)33-34(42-26(19-40)10-15-32(42)41-2)29-18-25(37)9-14-31(29)43(33)47(45,46)27-11-6-21(7-12-27)35(38)39/h3-18,35H,1H3. The van der Waals surface area contributed by atoms with Gasteiger partial charge in [0.2, 0.25) is 5.82 Å². The number of benzene rings is 4. The van der Waals surface area contributed by atoms with E-state index in [9.17, 15) is 31.6 Å². The largest absolute Gasteiger partial charge is 0.364 e. The summed E-state index contributed by atoms with van der Waals surface area (Å²) in [4.78, 5) is 15.1. The number of nitriles is 1. The third-order valence-corrected chi connectivity index (χ3v) is 9.71. The molecule has 6 aromatic rings. The lowest BCUT2D eigenvalue weighted by atomic mass is 9.99. The molecule has 0 aliphatic heterocycles. The van der Waals surface area contributed by atoms with Crippen LogP contribution in [0.25, 0.3) is 43.8 Å². The number of hydrogen-bond acceptors (Lipinski definition) is 4. The Morgan fingerprint density at radius 2 is 1.68 bits per heavy atom. The second-order valence-electron chi connectivity index (χ2n) is 10.5. The highest BCUT2D eigenvalue weighted by atomic mass is 35.5. The van der Waals surface area contributed by atoms with Crippen LogP contribution in [0.2, 0.25) is 5.02 Å². The van der Waals surface area contributed by atoms with Crippen molar-refractivity contribution in [3.05, 3.63) is 136 Å². The van der Waals surface area contributed by atoms with Crippen molar-refractivity contribution in [3.63, 3.8) is 0 Å². The predicted molar refractivity (Wildman–Crippen MR) is 172 cm³/mol. The number of ketones is 1. The van der Waals surface area contributed by atoms with Crippen molar-refractivity contribution in [2.75, 3.05) is 0 Å². The summed E-state index contributed by atoms with van der Waals surface area (Å²) in [5, 5.41) is 10.3. The summed E-state index contributed by atoms with van der Waals surface area (Å²) in [7, 11) is -4.60. The highest BCUT2D eigenvalue weighted by Gasteiger charge is 2.33. The summed E-state index contributed by atoms with van der Waals surface area (Å²) >= 11 is 6.58. The summed E-state index contributed by atoms with van der Waals surface area (Å²) in [5.74, 6) is -0.929. The molecule has 0 fully saturated rings. The second kappa shape index (κ2) is 12.0. The molecule has 0 saturated heterocycles. The Hall–Kier alpha value is -5.62. The highest BCUT2D eigenvalue weighted by molar-refractivity contribution is 7.90. The van der Waals surface area contributed by atoms with Crippen LogP contribution in [0.3, 0.4) is 0 Å². The van der Waals surface area contributed by atoms with Crippen LogP contribution in [0.4, 0.5) is 19.0 Å². The molecule has 0 saturated carbocycles. The van der Waals surface area contributed by atoms with E-state index in [0.29, 0.717) is 16.7 Å². The van der Waals surface area contributed by atoms with E-state index in [1.54, 1.807) is 36.4 Å². The monoisotopic (exact) mass is 668 g/mol. The minimum absolute atomic E-state index is 0.0112. The first kappa shape index (κ1) is 31.4. The molecule has 6 rings (SSSR count). The molecule has 0 spiro atoms. The molecule has 47 heavy (non-hydrogen) atoms. The number of carbonyl (C=O) groups is 1. The van der Waals surface area contributed by atoms with Gasteiger partial charge in [0.25, 0.3) is 16.4 Å². The molecule has 232 valence electrons. The van der Waals surface area contributed by atoms with Gasteiger partial charge in [0.1, 0.15) is 17.6 Å². The Labute approximate surface area is 272 Å². The van der Waals surface area contributed by atoms with Gasteiger partial charge in [-0.15, -0.1) is 0 Å². The minimum Gasteiger partial charge on any atom is -0.364 e. The van der Waals surface area contributed by atoms with E-state index in [1.165, 1.54) is 35.8 Å². The SMILES string of the molecule is [C-]#[N+]c1ccc(C#N)n1-c1c(-c2cccc(-c3ccc(C(C)=O)cc3Cl)c2)n(S(=O)(=O)c2ccc(C(F)F)cc2)c2ccc(F)cc12. The van der Waals surface area contributed by atoms with E-state index in [2.05, 4.69) is 4.85 Å². The molecule has 0 atom stereocenters. The van der Waals surface area contributed by atoms with Crippen LogP contribution in [0.15, 0.2) is 102 Å². The Kier molecular flexibility index (Phi) is 7.98. The van der Waals surface area contributed by atoms with Gasteiger partial charge in [-0.2, -0.15) is 5.26 Å². The smallest absolute Gasteiger partial charge is 0.268 e. The molecule has 0 bridgehead atoms. The molecule has 0 radical (unpaired) electrons. The number of nitrogens with zero attached hydrogens (tertiary/aromatic N) is 4. The summed E-state index contributed by atoms with van der Waals surface area (Å²) in [5.41, 5.74) is 1.37. The maximum atomic E-state index is 14.9. The van der Waals surface area contributed by atoms with Gasteiger partial charge in [-0.25, -0.2) is 30.1 Å². The van der Waals surface area contributed by atoms with Crippen molar-refractivity contribution in [2.24, 2.45) is 0 Å². The number of Topliss-reactive ketones (excluding diaryl/α,β-unsaturated/α-hetero) is 1. The fourth-order valence-corrected chi connectivity index (χ4v) is 7.31. The average molecular weight is 669 g/mol. The fraction of sp³-hybridized carbons (Fsp3) is 0.0571. The maximum absolute atomic E-state index is 14.9. The lowest BCUT2D eigenvalue weighted by Crippen LogP contribution is -2.15. The number of hydrogen-bond donors (Lipinski definition) is 0. The highest BCUT2D eigenvalue weighted by Crippen LogP contribution is 2.43. The zero-order valence-corrected chi connectivity index (χ0v) is 25.8. The predicted octanol–water partition coefficient (Wildman–Crippen LogP) is 9.36. The molecule has 0 aliphatic carbocycles. The molecule has 12 heteroatoms. The Balaban J connectivity index is 1.74. The first-order chi connectivity index (χ1) is 22.5. The van der Waals surface area contributed by atoms with Crippen LogP contribution >= 0.6 is 11.6 Å². The van der Waals surface area contributed by atoms with E-state index in [4.69, 9.17) is 18.2 Å². The molecular formula is C35H20ClF3N4O3S. The van der Waals surface area contributed by atoms with Gasteiger partial charge < -0.3 is 4.85 Å². The summed E-state index contributed by atoms with van der Waals surface area (Å²) in [6, 6.07) is 23.8. The lowest BCUT2D eigenvalue weighted by Gasteiger charge is -2.15. The minimum atomic E-state index is -4.60.